The largest absolute Gasteiger partial charge is 0.371 e. The Bertz CT molecular complexity index is 1240. The maximum atomic E-state index is 13.2. The lowest BCUT2D eigenvalue weighted by atomic mass is 10.1. The normalized spacial score (nSPS) is 13.7. The highest BCUT2D eigenvalue weighted by Crippen LogP contribution is 2.29. The SMILES string of the molecule is Cc1c2cnn(-c3ccncc3)c(=O)c2c(C)n1-c1cccc(N2CCC2)c1. The third kappa shape index (κ3) is 2.45. The molecule has 1 aromatic carbocycles. The van der Waals surface area contributed by atoms with Crippen LogP contribution in [0.5, 0.6) is 0 Å². The van der Waals surface area contributed by atoms with Crippen LogP contribution in [0.1, 0.15) is 17.8 Å². The summed E-state index contributed by atoms with van der Waals surface area (Å²) in [5.74, 6) is 0. The molecule has 140 valence electrons. The molecule has 6 nitrogen and oxygen atoms in total. The Morgan fingerprint density at radius 3 is 2.39 bits per heavy atom. The average molecular weight is 371 g/mol. The van der Waals surface area contributed by atoms with Gasteiger partial charge in [-0.15, -0.1) is 0 Å². The van der Waals surface area contributed by atoms with E-state index in [9.17, 15) is 4.79 Å². The van der Waals surface area contributed by atoms with Gasteiger partial charge in [-0.1, -0.05) is 6.07 Å². The van der Waals surface area contributed by atoms with Crippen LogP contribution in [0, 0.1) is 13.8 Å². The number of hydrogen-bond acceptors (Lipinski definition) is 4. The van der Waals surface area contributed by atoms with Gasteiger partial charge < -0.3 is 9.47 Å². The molecule has 0 saturated carbocycles. The van der Waals surface area contributed by atoms with Crippen molar-refractivity contribution in [2.75, 3.05) is 18.0 Å². The van der Waals surface area contributed by atoms with Gasteiger partial charge in [-0.2, -0.15) is 9.78 Å². The maximum Gasteiger partial charge on any atom is 0.281 e. The van der Waals surface area contributed by atoms with Gasteiger partial charge in [0, 0.05) is 53.6 Å². The van der Waals surface area contributed by atoms with Crippen molar-refractivity contribution < 1.29 is 0 Å². The predicted molar refractivity (Wildman–Crippen MR) is 111 cm³/mol. The van der Waals surface area contributed by atoms with Crippen molar-refractivity contribution in [2.24, 2.45) is 0 Å². The van der Waals surface area contributed by atoms with Crippen molar-refractivity contribution in [1.82, 2.24) is 19.3 Å². The molecule has 3 aromatic heterocycles. The van der Waals surface area contributed by atoms with E-state index >= 15 is 0 Å². The highest BCUT2D eigenvalue weighted by atomic mass is 16.1. The van der Waals surface area contributed by atoms with Crippen molar-refractivity contribution in [1.29, 1.82) is 0 Å². The van der Waals surface area contributed by atoms with Crippen LogP contribution in [-0.4, -0.2) is 32.4 Å². The standard InChI is InChI=1S/C22H21N5O/c1-15-20-14-24-27(17-7-9-23-10-8-17)22(28)21(20)16(2)26(15)19-6-3-5-18(13-19)25-11-4-12-25/h3,5-10,13-14H,4,11-12H2,1-2H3. The molecule has 1 fully saturated rings. The van der Waals surface area contributed by atoms with Gasteiger partial charge in [0.05, 0.1) is 17.3 Å². The fourth-order valence-electron chi connectivity index (χ4n) is 4.02. The summed E-state index contributed by atoms with van der Waals surface area (Å²) in [5.41, 5.74) is 4.87. The Labute approximate surface area is 162 Å². The summed E-state index contributed by atoms with van der Waals surface area (Å²) in [6.45, 7) is 6.26. The molecule has 1 aliphatic rings. The highest BCUT2D eigenvalue weighted by molar-refractivity contribution is 5.88. The molecule has 0 amide bonds. The molecule has 0 atom stereocenters. The second-order valence-electron chi connectivity index (χ2n) is 7.22. The first-order valence-corrected chi connectivity index (χ1v) is 9.51. The third-order valence-electron chi connectivity index (χ3n) is 5.62. The lowest BCUT2D eigenvalue weighted by Crippen LogP contribution is -2.36. The molecule has 1 saturated heterocycles. The Morgan fingerprint density at radius 2 is 1.68 bits per heavy atom. The summed E-state index contributed by atoms with van der Waals surface area (Å²) >= 11 is 0. The highest BCUT2D eigenvalue weighted by Gasteiger charge is 2.19. The van der Waals surface area contributed by atoms with Crippen LogP contribution in [0.25, 0.3) is 22.1 Å². The number of fused-ring (bicyclic) bond motifs is 1. The first-order valence-electron chi connectivity index (χ1n) is 9.51. The Kier molecular flexibility index (Phi) is 3.79. The summed E-state index contributed by atoms with van der Waals surface area (Å²) < 4.78 is 3.60. The zero-order valence-corrected chi connectivity index (χ0v) is 16.0. The van der Waals surface area contributed by atoms with E-state index in [1.165, 1.54) is 16.8 Å². The van der Waals surface area contributed by atoms with Crippen LogP contribution in [0.2, 0.25) is 0 Å². The molecule has 28 heavy (non-hydrogen) atoms. The number of nitrogens with zero attached hydrogens (tertiary/aromatic N) is 5. The second kappa shape index (κ2) is 6.34. The van der Waals surface area contributed by atoms with Gasteiger partial charge in [0.2, 0.25) is 0 Å². The van der Waals surface area contributed by atoms with Gasteiger partial charge in [0.25, 0.3) is 5.56 Å². The topological polar surface area (TPSA) is 56.0 Å². The van der Waals surface area contributed by atoms with Crippen LogP contribution in [0.3, 0.4) is 0 Å². The summed E-state index contributed by atoms with van der Waals surface area (Å²) in [6, 6.07) is 12.1. The summed E-state index contributed by atoms with van der Waals surface area (Å²) in [6.07, 6.45) is 6.36. The molecule has 5 rings (SSSR count). The molecule has 6 heteroatoms. The zero-order valence-electron chi connectivity index (χ0n) is 16.0. The second-order valence-corrected chi connectivity index (χ2v) is 7.22. The van der Waals surface area contributed by atoms with Crippen molar-refractivity contribution in [3.8, 4) is 11.4 Å². The van der Waals surface area contributed by atoms with E-state index < -0.39 is 0 Å². The van der Waals surface area contributed by atoms with Gasteiger partial charge in [0.1, 0.15) is 0 Å². The van der Waals surface area contributed by atoms with E-state index in [-0.39, 0.29) is 5.56 Å². The van der Waals surface area contributed by atoms with Crippen molar-refractivity contribution >= 4 is 16.5 Å². The number of aryl methyl sites for hydroxylation is 2. The third-order valence-corrected chi connectivity index (χ3v) is 5.62. The lowest BCUT2D eigenvalue weighted by molar-refractivity contribution is 0.617. The Morgan fingerprint density at radius 1 is 0.929 bits per heavy atom. The quantitative estimate of drug-likeness (QED) is 0.554. The van der Waals surface area contributed by atoms with Crippen LogP contribution in [-0.2, 0) is 0 Å². The predicted octanol–water partition coefficient (Wildman–Crippen LogP) is 3.40. The fraction of sp³-hybridized carbons (Fsp3) is 0.227. The van der Waals surface area contributed by atoms with E-state index in [4.69, 9.17) is 0 Å². The van der Waals surface area contributed by atoms with Crippen molar-refractivity contribution in [3.63, 3.8) is 0 Å². The van der Waals surface area contributed by atoms with Crippen molar-refractivity contribution in [2.45, 2.75) is 20.3 Å². The molecule has 0 radical (unpaired) electrons. The number of hydrogen-bond donors (Lipinski definition) is 0. The molecule has 0 bridgehead atoms. The smallest absolute Gasteiger partial charge is 0.281 e. The van der Waals surface area contributed by atoms with Gasteiger partial charge in [-0.25, -0.2) is 0 Å². The molecule has 4 heterocycles. The number of aromatic nitrogens is 4. The van der Waals surface area contributed by atoms with Crippen LogP contribution >= 0.6 is 0 Å². The van der Waals surface area contributed by atoms with E-state index in [1.54, 1.807) is 30.7 Å². The molecular weight excluding hydrogens is 350 g/mol. The van der Waals surface area contributed by atoms with Gasteiger partial charge in [-0.05, 0) is 50.6 Å². The summed E-state index contributed by atoms with van der Waals surface area (Å²) in [4.78, 5) is 19.6. The lowest BCUT2D eigenvalue weighted by Gasteiger charge is -2.33. The molecule has 0 aliphatic carbocycles. The zero-order chi connectivity index (χ0) is 19.3. The molecule has 0 spiro atoms. The molecule has 0 unspecified atom stereocenters. The van der Waals surface area contributed by atoms with Gasteiger partial charge in [0.15, 0.2) is 0 Å². The van der Waals surface area contributed by atoms with Crippen molar-refractivity contribution in [3.05, 3.63) is 76.7 Å². The van der Waals surface area contributed by atoms with Gasteiger partial charge >= 0.3 is 0 Å². The fourth-order valence-corrected chi connectivity index (χ4v) is 4.02. The monoisotopic (exact) mass is 371 g/mol. The van der Waals surface area contributed by atoms with Crippen LogP contribution in [0.15, 0.2) is 59.8 Å². The van der Waals surface area contributed by atoms with Crippen LogP contribution < -0.4 is 10.5 Å². The summed E-state index contributed by atoms with van der Waals surface area (Å²) in [5, 5.41) is 6.01. The number of rotatable bonds is 3. The van der Waals surface area contributed by atoms with E-state index in [0.717, 1.165) is 35.6 Å². The first-order chi connectivity index (χ1) is 13.6. The van der Waals surface area contributed by atoms with E-state index in [2.05, 4.69) is 43.8 Å². The number of benzene rings is 1. The maximum absolute atomic E-state index is 13.2. The first kappa shape index (κ1) is 16.7. The number of pyridine rings is 1. The average Bonchev–Trinajstić information content (AvgIpc) is 2.93. The Hall–Kier alpha value is -3.41. The number of anilines is 1. The van der Waals surface area contributed by atoms with Gasteiger partial charge in [-0.3, -0.25) is 9.78 Å². The molecule has 4 aromatic rings. The van der Waals surface area contributed by atoms with E-state index in [0.29, 0.717) is 11.1 Å². The summed E-state index contributed by atoms with van der Waals surface area (Å²) in [7, 11) is 0. The van der Waals surface area contributed by atoms with Crippen LogP contribution in [0.4, 0.5) is 5.69 Å². The Balaban J connectivity index is 1.71. The molecule has 0 N–H and O–H groups in total. The van der Waals surface area contributed by atoms with E-state index in [1.807, 2.05) is 13.8 Å². The molecular formula is C22H21N5O. The minimum Gasteiger partial charge on any atom is -0.371 e. The minimum atomic E-state index is -0.109. The molecule has 1 aliphatic heterocycles. The minimum absolute atomic E-state index is 0.109.